The van der Waals surface area contributed by atoms with Gasteiger partial charge in [0.15, 0.2) is 0 Å². The highest BCUT2D eigenvalue weighted by Crippen LogP contribution is 2.28. The lowest BCUT2D eigenvalue weighted by Crippen LogP contribution is -2.41. The first-order chi connectivity index (χ1) is 12.2. The highest BCUT2D eigenvalue weighted by Gasteiger charge is 2.24. The van der Waals surface area contributed by atoms with E-state index in [0.717, 1.165) is 35.9 Å². The van der Waals surface area contributed by atoms with Crippen molar-refractivity contribution in [2.24, 2.45) is 0 Å². The van der Waals surface area contributed by atoms with Crippen molar-refractivity contribution in [3.8, 4) is 0 Å². The molecule has 2 aromatic rings. The van der Waals surface area contributed by atoms with Crippen LogP contribution >= 0.6 is 0 Å². The van der Waals surface area contributed by atoms with E-state index < -0.39 is 10.0 Å². The van der Waals surface area contributed by atoms with Crippen LogP contribution in [0.1, 0.15) is 23.1 Å². The SMILES string of the molecule is Cc1cc(C)c(N(CC(=O)NCCCn2ccnc2)S(C)(=O)=O)c(C)c1. The van der Waals surface area contributed by atoms with Crippen molar-refractivity contribution >= 4 is 21.6 Å². The average molecular weight is 378 g/mol. The Bertz CT molecular complexity index is 838. The number of aromatic nitrogens is 2. The highest BCUT2D eigenvalue weighted by molar-refractivity contribution is 7.92. The normalized spacial score (nSPS) is 11.4. The van der Waals surface area contributed by atoms with Crippen LogP contribution in [0.4, 0.5) is 5.69 Å². The van der Waals surface area contributed by atoms with E-state index >= 15 is 0 Å². The molecule has 2 rings (SSSR count). The summed E-state index contributed by atoms with van der Waals surface area (Å²) in [5.41, 5.74) is 3.30. The standard InChI is InChI=1S/C18H26N4O3S/c1-14-10-15(2)18(16(3)11-14)22(26(4,24)25)12-17(23)20-6-5-8-21-9-7-19-13-21/h7,9-11,13H,5-6,8,12H2,1-4H3,(H,20,23). The number of rotatable bonds is 8. The van der Waals surface area contributed by atoms with Gasteiger partial charge in [-0.1, -0.05) is 17.7 Å². The summed E-state index contributed by atoms with van der Waals surface area (Å²) in [6, 6.07) is 3.84. The summed E-state index contributed by atoms with van der Waals surface area (Å²) in [5, 5.41) is 2.79. The van der Waals surface area contributed by atoms with Gasteiger partial charge in [-0.15, -0.1) is 0 Å². The zero-order valence-electron chi connectivity index (χ0n) is 15.7. The van der Waals surface area contributed by atoms with E-state index in [0.29, 0.717) is 12.2 Å². The number of nitrogens with one attached hydrogen (secondary N) is 1. The van der Waals surface area contributed by atoms with Crippen LogP contribution in [0.15, 0.2) is 30.9 Å². The number of anilines is 1. The number of carbonyl (C=O) groups is 1. The van der Waals surface area contributed by atoms with Crippen LogP contribution in [-0.2, 0) is 21.4 Å². The molecule has 0 aliphatic heterocycles. The van der Waals surface area contributed by atoms with Crippen molar-refractivity contribution in [1.82, 2.24) is 14.9 Å². The maximum Gasteiger partial charge on any atom is 0.240 e. The molecule has 0 saturated heterocycles. The molecule has 0 fully saturated rings. The van der Waals surface area contributed by atoms with Crippen molar-refractivity contribution in [3.63, 3.8) is 0 Å². The van der Waals surface area contributed by atoms with Gasteiger partial charge in [0.05, 0.1) is 18.3 Å². The van der Waals surface area contributed by atoms with E-state index in [1.54, 1.807) is 12.5 Å². The number of hydrogen-bond donors (Lipinski definition) is 1. The topological polar surface area (TPSA) is 84.3 Å². The molecule has 1 aromatic carbocycles. The van der Waals surface area contributed by atoms with Crippen molar-refractivity contribution < 1.29 is 13.2 Å². The fourth-order valence-electron chi connectivity index (χ4n) is 3.02. The van der Waals surface area contributed by atoms with Crippen molar-refractivity contribution in [2.45, 2.75) is 33.7 Å². The van der Waals surface area contributed by atoms with E-state index in [4.69, 9.17) is 0 Å². The number of hydrogen-bond acceptors (Lipinski definition) is 4. The lowest BCUT2D eigenvalue weighted by Gasteiger charge is -2.26. The second-order valence-electron chi connectivity index (χ2n) is 6.52. The summed E-state index contributed by atoms with van der Waals surface area (Å²) in [6.07, 6.45) is 7.14. The van der Waals surface area contributed by atoms with E-state index in [1.165, 1.54) is 4.31 Å². The largest absolute Gasteiger partial charge is 0.354 e. The van der Waals surface area contributed by atoms with Crippen molar-refractivity contribution in [2.75, 3.05) is 23.7 Å². The van der Waals surface area contributed by atoms with Gasteiger partial charge in [0.25, 0.3) is 0 Å². The van der Waals surface area contributed by atoms with Gasteiger partial charge in [-0.3, -0.25) is 9.10 Å². The summed E-state index contributed by atoms with van der Waals surface area (Å²) in [6.45, 7) is 6.66. The number of amides is 1. The molecule has 0 aliphatic rings. The van der Waals surface area contributed by atoms with Gasteiger partial charge in [0.1, 0.15) is 6.54 Å². The van der Waals surface area contributed by atoms with Crippen LogP contribution in [0.25, 0.3) is 0 Å². The summed E-state index contributed by atoms with van der Waals surface area (Å²) in [7, 11) is -3.58. The fraction of sp³-hybridized carbons (Fsp3) is 0.444. The van der Waals surface area contributed by atoms with Gasteiger partial charge in [-0.2, -0.15) is 0 Å². The third kappa shape index (κ3) is 5.32. The minimum absolute atomic E-state index is 0.228. The first kappa shape index (κ1) is 20.0. The number of imidazole rings is 1. The second-order valence-corrected chi connectivity index (χ2v) is 8.43. The van der Waals surface area contributed by atoms with Crippen LogP contribution in [0, 0.1) is 20.8 Å². The Hall–Kier alpha value is -2.35. The van der Waals surface area contributed by atoms with Gasteiger partial charge in [0.2, 0.25) is 15.9 Å². The lowest BCUT2D eigenvalue weighted by molar-refractivity contribution is -0.119. The molecular weight excluding hydrogens is 352 g/mol. The first-order valence-electron chi connectivity index (χ1n) is 8.46. The Morgan fingerprint density at radius 3 is 2.42 bits per heavy atom. The predicted octanol–water partition coefficient (Wildman–Crippen LogP) is 1.78. The molecular formula is C18H26N4O3S. The van der Waals surface area contributed by atoms with Crippen molar-refractivity contribution in [1.29, 1.82) is 0 Å². The Balaban J connectivity index is 2.03. The van der Waals surface area contributed by atoms with Gasteiger partial charge >= 0.3 is 0 Å². The maximum atomic E-state index is 12.3. The molecule has 0 aliphatic carbocycles. The molecule has 7 nitrogen and oxygen atoms in total. The van der Waals surface area contributed by atoms with Crippen LogP contribution in [0.5, 0.6) is 0 Å². The second kappa shape index (κ2) is 8.35. The molecule has 142 valence electrons. The first-order valence-corrected chi connectivity index (χ1v) is 10.3. The number of sulfonamides is 1. The van der Waals surface area contributed by atoms with Gasteiger partial charge in [-0.05, 0) is 38.3 Å². The quantitative estimate of drug-likeness (QED) is 0.710. The van der Waals surface area contributed by atoms with Gasteiger partial charge in [-0.25, -0.2) is 13.4 Å². The molecule has 0 saturated carbocycles. The molecule has 0 spiro atoms. The minimum Gasteiger partial charge on any atom is -0.354 e. The molecule has 1 N–H and O–H groups in total. The molecule has 1 amide bonds. The van der Waals surface area contributed by atoms with Crippen LogP contribution < -0.4 is 9.62 Å². The van der Waals surface area contributed by atoms with Gasteiger partial charge in [0, 0.05) is 25.5 Å². The molecule has 0 radical (unpaired) electrons. The number of nitrogens with zero attached hydrogens (tertiary/aromatic N) is 3. The molecule has 0 bridgehead atoms. The van der Waals surface area contributed by atoms with E-state index in [1.807, 2.05) is 43.7 Å². The minimum atomic E-state index is -3.58. The van der Waals surface area contributed by atoms with E-state index in [9.17, 15) is 13.2 Å². The Labute approximate surface area is 155 Å². The number of carbonyl (C=O) groups excluding carboxylic acids is 1. The van der Waals surface area contributed by atoms with Crippen LogP contribution in [-0.4, -0.2) is 43.2 Å². The Morgan fingerprint density at radius 2 is 1.88 bits per heavy atom. The van der Waals surface area contributed by atoms with E-state index in [-0.39, 0.29) is 12.5 Å². The van der Waals surface area contributed by atoms with Crippen LogP contribution in [0.2, 0.25) is 0 Å². The van der Waals surface area contributed by atoms with Gasteiger partial charge < -0.3 is 9.88 Å². The Morgan fingerprint density at radius 1 is 1.23 bits per heavy atom. The summed E-state index contributed by atoms with van der Waals surface area (Å²) < 4.78 is 27.7. The summed E-state index contributed by atoms with van der Waals surface area (Å²) in [5.74, 6) is -0.319. The summed E-state index contributed by atoms with van der Waals surface area (Å²) in [4.78, 5) is 16.2. The maximum absolute atomic E-state index is 12.3. The average Bonchev–Trinajstić information content (AvgIpc) is 3.02. The molecule has 0 atom stereocenters. The smallest absolute Gasteiger partial charge is 0.240 e. The predicted molar refractivity (Wildman–Crippen MR) is 103 cm³/mol. The number of benzene rings is 1. The zero-order valence-corrected chi connectivity index (χ0v) is 16.5. The molecule has 8 heteroatoms. The lowest BCUT2D eigenvalue weighted by atomic mass is 10.1. The molecule has 1 heterocycles. The Kier molecular flexibility index (Phi) is 6.42. The highest BCUT2D eigenvalue weighted by atomic mass is 32.2. The molecule has 1 aromatic heterocycles. The molecule has 26 heavy (non-hydrogen) atoms. The third-order valence-corrected chi connectivity index (χ3v) is 5.16. The van der Waals surface area contributed by atoms with E-state index in [2.05, 4.69) is 10.3 Å². The summed E-state index contributed by atoms with van der Waals surface area (Å²) >= 11 is 0. The fourth-order valence-corrected chi connectivity index (χ4v) is 3.99. The number of aryl methyl sites for hydroxylation is 4. The van der Waals surface area contributed by atoms with Crippen molar-refractivity contribution in [3.05, 3.63) is 47.5 Å². The van der Waals surface area contributed by atoms with Crippen LogP contribution in [0.3, 0.4) is 0 Å². The third-order valence-electron chi connectivity index (χ3n) is 4.05. The molecule has 0 unspecified atom stereocenters. The monoisotopic (exact) mass is 378 g/mol. The zero-order chi connectivity index (χ0) is 19.3.